The number of anilines is 1. The Labute approximate surface area is 205 Å². The Morgan fingerprint density at radius 1 is 1.27 bits per heavy atom. The summed E-state index contributed by atoms with van der Waals surface area (Å²) in [5.41, 5.74) is -1.99. The summed E-state index contributed by atoms with van der Waals surface area (Å²) in [7, 11) is -9.33. The lowest BCUT2D eigenvalue weighted by Crippen LogP contribution is -2.23. The Morgan fingerprint density at radius 2 is 2.03 bits per heavy atom. The number of carbonyl (C=O) groups is 2. The third-order valence-corrected chi connectivity index (χ3v) is 7.27. The molecule has 4 rings (SSSR count). The minimum atomic E-state index is -5.44. The van der Waals surface area contributed by atoms with E-state index in [2.05, 4.69) is 24.7 Å². The van der Waals surface area contributed by atoms with Gasteiger partial charge in [-0.15, -0.1) is 13.2 Å². The zero-order valence-electron chi connectivity index (χ0n) is 18.0. The van der Waals surface area contributed by atoms with Crippen LogP contribution in [0.1, 0.15) is 21.6 Å². The van der Waals surface area contributed by atoms with Gasteiger partial charge in [-0.3, -0.25) is 14.3 Å². The van der Waals surface area contributed by atoms with E-state index >= 15 is 0 Å². The number of H-pyrrole nitrogens is 1. The van der Waals surface area contributed by atoms with E-state index in [0.717, 1.165) is 24.4 Å². The Hall–Kier alpha value is -4.32. The molecule has 1 aliphatic heterocycles. The van der Waals surface area contributed by atoms with Gasteiger partial charge in [-0.1, -0.05) is 5.16 Å². The van der Waals surface area contributed by atoms with Crippen LogP contribution in [0.5, 0.6) is 5.75 Å². The van der Waals surface area contributed by atoms with Crippen LogP contribution in [0.3, 0.4) is 0 Å². The predicted octanol–water partition coefficient (Wildman–Crippen LogP) is 1.46. The first kappa shape index (κ1) is 25.8. The fourth-order valence-corrected chi connectivity index (χ4v) is 5.32. The van der Waals surface area contributed by atoms with Crippen molar-refractivity contribution in [1.29, 1.82) is 0 Å². The van der Waals surface area contributed by atoms with Crippen molar-refractivity contribution in [2.45, 2.75) is 22.9 Å². The normalized spacial score (nSPS) is 14.8. The number of hydrogen-bond acceptors (Lipinski definition) is 9. The van der Waals surface area contributed by atoms with Crippen molar-refractivity contribution in [3.8, 4) is 5.75 Å². The summed E-state index contributed by atoms with van der Waals surface area (Å²) >= 11 is 0. The summed E-state index contributed by atoms with van der Waals surface area (Å²) in [6.07, 6.45) is -1.42. The van der Waals surface area contributed by atoms with Crippen LogP contribution in [0, 0.1) is 0 Å². The number of rotatable bonds is 8. The molecular weight excluding hydrogens is 547 g/mol. The maximum atomic E-state index is 13.3. The van der Waals surface area contributed by atoms with Crippen LogP contribution in [0.15, 0.2) is 57.2 Å². The number of fused-ring (bicyclic) bond motifs is 1. The van der Waals surface area contributed by atoms with Gasteiger partial charge in [-0.2, -0.15) is 8.42 Å². The minimum absolute atomic E-state index is 0.0118. The molecule has 0 fully saturated rings. The highest BCUT2D eigenvalue weighted by molar-refractivity contribution is 7.92. The molecule has 0 saturated heterocycles. The number of aromatic amines is 1. The fraction of sp³-hybridized carbons (Fsp3) is 0.105. The lowest BCUT2D eigenvalue weighted by atomic mass is 10.0. The van der Waals surface area contributed by atoms with Gasteiger partial charge in [0.25, 0.3) is 31.0 Å². The van der Waals surface area contributed by atoms with Gasteiger partial charge in [0.1, 0.15) is 10.5 Å². The SMILES string of the molecule is O=C(C=Cc1c(NS(=O)(=O)c2ccno2)cc2c(c1OC(F)(F)F)C(=O)NS2(=O)=O)NCc1ccc[nH]1. The van der Waals surface area contributed by atoms with Crippen LogP contribution in [0.4, 0.5) is 18.9 Å². The largest absolute Gasteiger partial charge is 0.573 e. The van der Waals surface area contributed by atoms with Crippen molar-refractivity contribution in [3.63, 3.8) is 0 Å². The second-order valence-corrected chi connectivity index (χ2v) is 10.5. The van der Waals surface area contributed by atoms with Crippen molar-refractivity contribution < 1.29 is 48.9 Å². The van der Waals surface area contributed by atoms with Crippen LogP contribution in [-0.4, -0.2) is 45.2 Å². The molecule has 1 aromatic carbocycles. The van der Waals surface area contributed by atoms with Crippen LogP contribution in [0.25, 0.3) is 6.08 Å². The average Bonchev–Trinajstić information content (AvgIpc) is 3.52. The molecule has 0 atom stereocenters. The Balaban J connectivity index is 1.85. The first-order chi connectivity index (χ1) is 17.3. The van der Waals surface area contributed by atoms with Crippen molar-refractivity contribution in [2.75, 3.05) is 4.72 Å². The quantitative estimate of drug-likeness (QED) is 0.295. The molecule has 0 bridgehead atoms. The van der Waals surface area contributed by atoms with Gasteiger partial charge in [0.15, 0.2) is 5.75 Å². The van der Waals surface area contributed by atoms with Crippen molar-refractivity contribution in [2.24, 2.45) is 0 Å². The number of halogens is 3. The van der Waals surface area contributed by atoms with E-state index in [1.165, 1.54) is 4.72 Å². The molecule has 0 spiro atoms. The van der Waals surface area contributed by atoms with Gasteiger partial charge in [-0.25, -0.2) is 13.1 Å². The monoisotopic (exact) mass is 561 g/mol. The molecule has 0 unspecified atom stereocenters. The van der Waals surface area contributed by atoms with Crippen LogP contribution in [-0.2, 0) is 31.4 Å². The number of sulfonamides is 2. The standard InChI is InChI=1S/C19H14F3N5O8S2/c20-19(21,22)34-17-11(3-4-14(28)24-9-10-2-1-6-23-10)12(26-37(32,33)15-5-7-25-35-15)8-13-16(17)18(29)27-36(13,30)31/h1-8,23,26H,9H2,(H,24,28)(H,27,29). The number of hydrogen-bond donors (Lipinski definition) is 4. The number of nitrogens with one attached hydrogen (secondary N) is 4. The molecule has 0 aliphatic carbocycles. The Kier molecular flexibility index (Phi) is 6.46. The Morgan fingerprint density at radius 3 is 2.65 bits per heavy atom. The second kappa shape index (κ2) is 9.28. The van der Waals surface area contributed by atoms with Crippen LogP contribution >= 0.6 is 0 Å². The lowest BCUT2D eigenvalue weighted by molar-refractivity contribution is -0.274. The summed E-state index contributed by atoms with van der Waals surface area (Å²) in [4.78, 5) is 26.4. The van der Waals surface area contributed by atoms with Crippen molar-refractivity contribution in [1.82, 2.24) is 20.2 Å². The first-order valence-corrected chi connectivity index (χ1v) is 12.8. The molecule has 4 N–H and O–H groups in total. The van der Waals surface area contributed by atoms with E-state index in [-0.39, 0.29) is 6.54 Å². The van der Waals surface area contributed by atoms with Gasteiger partial charge in [0, 0.05) is 29.6 Å². The molecule has 13 nitrogen and oxygen atoms in total. The molecule has 18 heteroatoms. The lowest BCUT2D eigenvalue weighted by Gasteiger charge is -2.18. The summed E-state index contributed by atoms with van der Waals surface area (Å²) in [6, 6.07) is 4.83. The zero-order chi connectivity index (χ0) is 27.0. The minimum Gasteiger partial charge on any atom is -0.404 e. The summed E-state index contributed by atoms with van der Waals surface area (Å²) in [5.74, 6) is -3.63. The molecule has 0 radical (unpaired) electrons. The maximum absolute atomic E-state index is 13.3. The van der Waals surface area contributed by atoms with Crippen molar-refractivity contribution >= 4 is 43.6 Å². The van der Waals surface area contributed by atoms with Gasteiger partial charge in [0.05, 0.1) is 18.4 Å². The zero-order valence-corrected chi connectivity index (χ0v) is 19.6. The summed E-state index contributed by atoms with van der Waals surface area (Å²) < 4.78 is 102. The number of carbonyl (C=O) groups excluding carboxylic acids is 2. The third kappa shape index (κ3) is 5.59. The van der Waals surface area contributed by atoms with Gasteiger partial charge < -0.3 is 19.6 Å². The number of nitrogens with zero attached hydrogens (tertiary/aromatic N) is 1. The third-order valence-electron chi connectivity index (χ3n) is 4.69. The molecule has 0 saturated carbocycles. The number of alkyl halides is 3. The van der Waals surface area contributed by atoms with Gasteiger partial charge >= 0.3 is 6.36 Å². The molecule has 3 heterocycles. The highest BCUT2D eigenvalue weighted by atomic mass is 32.2. The number of ether oxygens (including phenoxy) is 1. The first-order valence-electron chi connectivity index (χ1n) is 9.82. The van der Waals surface area contributed by atoms with Gasteiger partial charge in [-0.05, 0) is 24.3 Å². The molecule has 3 aromatic rings. The van der Waals surface area contributed by atoms with E-state index in [1.807, 2.05) is 4.72 Å². The second-order valence-electron chi connectivity index (χ2n) is 7.21. The highest BCUT2D eigenvalue weighted by Crippen LogP contribution is 2.42. The molecule has 1 aliphatic rings. The van der Waals surface area contributed by atoms with E-state index < -0.39 is 70.8 Å². The molecule has 196 valence electrons. The number of benzene rings is 1. The average molecular weight is 561 g/mol. The number of aromatic nitrogens is 2. The molecule has 2 amide bonds. The van der Waals surface area contributed by atoms with E-state index in [0.29, 0.717) is 11.8 Å². The topological polar surface area (TPSA) is 190 Å². The smallest absolute Gasteiger partial charge is 0.404 e. The maximum Gasteiger partial charge on any atom is 0.573 e. The number of amides is 2. The van der Waals surface area contributed by atoms with E-state index in [4.69, 9.17) is 0 Å². The predicted molar refractivity (Wildman–Crippen MR) is 117 cm³/mol. The molecular formula is C19H14F3N5O8S2. The summed E-state index contributed by atoms with van der Waals surface area (Å²) in [6.45, 7) is 0.0118. The molecule has 2 aromatic heterocycles. The molecule has 37 heavy (non-hydrogen) atoms. The van der Waals surface area contributed by atoms with Gasteiger partial charge in [0.2, 0.25) is 5.91 Å². The highest BCUT2D eigenvalue weighted by Gasteiger charge is 2.42. The van der Waals surface area contributed by atoms with Crippen LogP contribution in [0.2, 0.25) is 0 Å². The van der Waals surface area contributed by atoms with E-state index in [9.17, 15) is 39.6 Å². The Bertz CT molecular complexity index is 1600. The van der Waals surface area contributed by atoms with Crippen LogP contribution < -0.4 is 19.5 Å². The summed E-state index contributed by atoms with van der Waals surface area (Å²) in [5, 5.41) is 4.89. The van der Waals surface area contributed by atoms with E-state index in [1.54, 1.807) is 18.3 Å². The fourth-order valence-electron chi connectivity index (χ4n) is 3.19. The van der Waals surface area contributed by atoms with Crippen molar-refractivity contribution in [3.05, 3.63) is 59.6 Å².